The van der Waals surface area contributed by atoms with E-state index in [1.54, 1.807) is 12.1 Å². The van der Waals surface area contributed by atoms with Gasteiger partial charge in [0.15, 0.2) is 0 Å². The summed E-state index contributed by atoms with van der Waals surface area (Å²) in [5.74, 6) is 1.60. The number of hydrogen-bond donors (Lipinski definition) is 0. The SMILES string of the molecule is C[C@@H]1C=C[C@H](C)[C@H](c2ccc(F)cc2)C1. The molecular formula is C14H17F. The van der Waals surface area contributed by atoms with Crippen molar-refractivity contribution in [3.05, 3.63) is 47.8 Å². The van der Waals surface area contributed by atoms with Gasteiger partial charge in [-0.3, -0.25) is 0 Å². The van der Waals surface area contributed by atoms with Gasteiger partial charge in [-0.2, -0.15) is 0 Å². The molecule has 1 aliphatic rings. The van der Waals surface area contributed by atoms with Crippen molar-refractivity contribution in [3.63, 3.8) is 0 Å². The third-order valence-electron chi connectivity index (χ3n) is 3.30. The summed E-state index contributed by atoms with van der Waals surface area (Å²) in [6, 6.07) is 6.96. The number of hydrogen-bond acceptors (Lipinski definition) is 0. The van der Waals surface area contributed by atoms with E-state index < -0.39 is 0 Å². The highest BCUT2D eigenvalue weighted by atomic mass is 19.1. The van der Waals surface area contributed by atoms with Crippen molar-refractivity contribution >= 4 is 0 Å². The average molecular weight is 204 g/mol. The van der Waals surface area contributed by atoms with E-state index in [-0.39, 0.29) is 5.82 Å². The van der Waals surface area contributed by atoms with Gasteiger partial charge in [0.25, 0.3) is 0 Å². The molecule has 0 fully saturated rings. The van der Waals surface area contributed by atoms with E-state index in [2.05, 4.69) is 26.0 Å². The van der Waals surface area contributed by atoms with Gasteiger partial charge >= 0.3 is 0 Å². The van der Waals surface area contributed by atoms with Crippen LogP contribution in [-0.2, 0) is 0 Å². The van der Waals surface area contributed by atoms with E-state index >= 15 is 0 Å². The molecule has 0 saturated heterocycles. The fourth-order valence-electron chi connectivity index (χ4n) is 2.34. The minimum absolute atomic E-state index is 0.147. The van der Waals surface area contributed by atoms with Crippen molar-refractivity contribution in [1.29, 1.82) is 0 Å². The predicted octanol–water partition coefficient (Wildman–Crippen LogP) is 4.14. The molecule has 80 valence electrons. The Kier molecular flexibility index (Phi) is 2.90. The first-order valence-corrected chi connectivity index (χ1v) is 5.60. The second kappa shape index (κ2) is 4.18. The fourth-order valence-corrected chi connectivity index (χ4v) is 2.34. The topological polar surface area (TPSA) is 0 Å². The van der Waals surface area contributed by atoms with Crippen molar-refractivity contribution in [2.24, 2.45) is 11.8 Å². The Balaban J connectivity index is 2.23. The lowest BCUT2D eigenvalue weighted by Crippen LogP contribution is -2.15. The van der Waals surface area contributed by atoms with Gasteiger partial charge in [0.2, 0.25) is 0 Å². The molecule has 0 unspecified atom stereocenters. The van der Waals surface area contributed by atoms with E-state index in [1.807, 2.05) is 12.1 Å². The van der Waals surface area contributed by atoms with E-state index in [4.69, 9.17) is 0 Å². The molecule has 0 spiro atoms. The summed E-state index contributed by atoms with van der Waals surface area (Å²) < 4.78 is 12.8. The van der Waals surface area contributed by atoms with Crippen molar-refractivity contribution in [1.82, 2.24) is 0 Å². The van der Waals surface area contributed by atoms with Crippen LogP contribution < -0.4 is 0 Å². The maximum Gasteiger partial charge on any atom is 0.123 e. The first-order chi connectivity index (χ1) is 7.16. The smallest absolute Gasteiger partial charge is 0.123 e. The summed E-state index contributed by atoms with van der Waals surface area (Å²) in [5, 5.41) is 0. The zero-order valence-corrected chi connectivity index (χ0v) is 9.28. The van der Waals surface area contributed by atoms with Crippen molar-refractivity contribution in [3.8, 4) is 0 Å². The molecule has 1 aromatic carbocycles. The van der Waals surface area contributed by atoms with Crippen molar-refractivity contribution in [2.45, 2.75) is 26.2 Å². The summed E-state index contributed by atoms with van der Waals surface area (Å²) in [4.78, 5) is 0. The molecule has 1 aromatic rings. The second-order valence-corrected chi connectivity index (χ2v) is 4.62. The molecule has 0 nitrogen and oxygen atoms in total. The number of allylic oxidation sites excluding steroid dienone is 2. The van der Waals surface area contributed by atoms with Gasteiger partial charge in [-0.05, 0) is 41.9 Å². The molecule has 0 aromatic heterocycles. The Labute approximate surface area is 90.8 Å². The Morgan fingerprint density at radius 2 is 1.73 bits per heavy atom. The molecule has 2 rings (SSSR count). The fraction of sp³-hybridized carbons (Fsp3) is 0.429. The minimum atomic E-state index is -0.147. The Morgan fingerprint density at radius 3 is 2.40 bits per heavy atom. The summed E-state index contributed by atoms with van der Waals surface area (Å²) >= 11 is 0. The highest BCUT2D eigenvalue weighted by Gasteiger charge is 2.22. The molecular weight excluding hydrogens is 187 g/mol. The summed E-state index contributed by atoms with van der Waals surface area (Å²) in [6.45, 7) is 4.47. The van der Waals surface area contributed by atoms with Crippen molar-refractivity contribution in [2.75, 3.05) is 0 Å². The van der Waals surface area contributed by atoms with Gasteiger partial charge in [0, 0.05) is 0 Å². The largest absolute Gasteiger partial charge is 0.207 e. The highest BCUT2D eigenvalue weighted by Crippen LogP contribution is 2.36. The monoisotopic (exact) mass is 204 g/mol. The zero-order chi connectivity index (χ0) is 10.8. The molecule has 1 heteroatoms. The van der Waals surface area contributed by atoms with Gasteiger partial charge in [-0.15, -0.1) is 0 Å². The van der Waals surface area contributed by atoms with Crippen LogP contribution in [0.4, 0.5) is 4.39 Å². The van der Waals surface area contributed by atoms with Gasteiger partial charge < -0.3 is 0 Å². The van der Waals surface area contributed by atoms with Gasteiger partial charge in [-0.1, -0.05) is 38.1 Å². The third-order valence-corrected chi connectivity index (χ3v) is 3.30. The van der Waals surface area contributed by atoms with Crippen molar-refractivity contribution < 1.29 is 4.39 Å². The van der Waals surface area contributed by atoms with Crippen LogP contribution in [0.25, 0.3) is 0 Å². The zero-order valence-electron chi connectivity index (χ0n) is 9.28. The lowest BCUT2D eigenvalue weighted by Gasteiger charge is -2.28. The number of rotatable bonds is 1. The van der Waals surface area contributed by atoms with E-state index in [9.17, 15) is 4.39 Å². The van der Waals surface area contributed by atoms with Gasteiger partial charge in [-0.25, -0.2) is 4.39 Å². The van der Waals surface area contributed by atoms with Crippen LogP contribution in [-0.4, -0.2) is 0 Å². The lowest BCUT2D eigenvalue weighted by atomic mass is 9.77. The number of halogens is 1. The van der Waals surface area contributed by atoms with Crippen LogP contribution in [0.2, 0.25) is 0 Å². The average Bonchev–Trinajstić information content (AvgIpc) is 2.23. The molecule has 0 N–H and O–H groups in total. The van der Waals surface area contributed by atoms with E-state index in [0.29, 0.717) is 17.8 Å². The first kappa shape index (κ1) is 10.4. The Bertz CT molecular complexity index is 350. The summed E-state index contributed by atoms with van der Waals surface area (Å²) in [6.07, 6.45) is 5.73. The van der Waals surface area contributed by atoms with Crippen LogP contribution in [0.15, 0.2) is 36.4 Å². The third kappa shape index (κ3) is 2.28. The van der Waals surface area contributed by atoms with Gasteiger partial charge in [0.1, 0.15) is 5.82 Å². The quantitative estimate of drug-likeness (QED) is 0.603. The van der Waals surface area contributed by atoms with Crippen LogP contribution in [0.5, 0.6) is 0 Å². The molecule has 0 saturated carbocycles. The second-order valence-electron chi connectivity index (χ2n) is 4.62. The molecule has 0 bridgehead atoms. The van der Waals surface area contributed by atoms with Crippen LogP contribution >= 0.6 is 0 Å². The van der Waals surface area contributed by atoms with E-state index in [0.717, 1.165) is 0 Å². The molecule has 0 radical (unpaired) electrons. The predicted molar refractivity (Wildman–Crippen MR) is 61.2 cm³/mol. The summed E-state index contributed by atoms with van der Waals surface area (Å²) in [5.41, 5.74) is 1.26. The molecule has 1 aliphatic carbocycles. The molecule has 15 heavy (non-hydrogen) atoms. The molecule has 3 atom stereocenters. The number of benzene rings is 1. The maximum absolute atomic E-state index is 12.8. The normalized spacial score (nSPS) is 30.5. The highest BCUT2D eigenvalue weighted by molar-refractivity contribution is 5.24. The molecule has 0 aliphatic heterocycles. The van der Waals surface area contributed by atoms with Crippen LogP contribution in [0, 0.1) is 17.7 Å². The van der Waals surface area contributed by atoms with Gasteiger partial charge in [0.05, 0.1) is 0 Å². The first-order valence-electron chi connectivity index (χ1n) is 5.60. The Hall–Kier alpha value is -1.11. The van der Waals surface area contributed by atoms with Crippen LogP contribution in [0.1, 0.15) is 31.7 Å². The molecule has 0 amide bonds. The summed E-state index contributed by atoms with van der Waals surface area (Å²) in [7, 11) is 0. The minimum Gasteiger partial charge on any atom is -0.207 e. The standard InChI is InChI=1S/C14H17F/c1-10-3-4-11(2)14(9-10)12-5-7-13(15)8-6-12/h3-8,10-11,14H,9H2,1-2H3/t10-,11+,14-/m1/s1. The Morgan fingerprint density at radius 1 is 1.07 bits per heavy atom. The molecule has 0 heterocycles. The lowest BCUT2D eigenvalue weighted by molar-refractivity contribution is 0.430. The van der Waals surface area contributed by atoms with E-state index in [1.165, 1.54) is 12.0 Å². The van der Waals surface area contributed by atoms with Crippen LogP contribution in [0.3, 0.4) is 0 Å². The maximum atomic E-state index is 12.8.